The maximum atomic E-state index is 8.45. The molecule has 0 bridgehead atoms. The summed E-state index contributed by atoms with van der Waals surface area (Å²) in [6.07, 6.45) is 3.39. The Labute approximate surface area is 81.6 Å². The van der Waals surface area contributed by atoms with Crippen LogP contribution < -0.4 is 0 Å². The molecule has 66 valence electrons. The van der Waals surface area contributed by atoms with Crippen LogP contribution in [0.25, 0.3) is 0 Å². The van der Waals surface area contributed by atoms with Gasteiger partial charge >= 0.3 is 0 Å². The fourth-order valence-electron chi connectivity index (χ4n) is 0.801. The third-order valence-corrected chi connectivity index (χ3v) is 2.34. The lowest BCUT2D eigenvalue weighted by Crippen LogP contribution is -2.15. The number of halogens is 1. The maximum Gasteiger partial charge on any atom is 0.0540 e. The maximum absolute atomic E-state index is 8.45. The molecule has 1 aromatic carbocycles. The molecule has 12 heavy (non-hydrogen) atoms. The van der Waals surface area contributed by atoms with Crippen LogP contribution >= 0.6 is 15.9 Å². The van der Waals surface area contributed by atoms with Gasteiger partial charge in [-0.2, -0.15) is 0 Å². The molecule has 1 nitrogen and oxygen atoms in total. The van der Waals surface area contributed by atoms with Crippen molar-refractivity contribution in [3.63, 3.8) is 0 Å². The zero-order valence-corrected chi connectivity index (χ0v) is 8.50. The molecule has 0 spiro atoms. The molecule has 0 atom stereocenters. The Balaban J connectivity index is 0.000000127. The molecule has 1 N–H and O–H groups in total. The second-order valence-electron chi connectivity index (χ2n) is 2.88. The molecular weight excluding hydrogens is 216 g/mol. The number of aliphatic hydroxyl groups excluding tert-OH is 1. The van der Waals surface area contributed by atoms with Gasteiger partial charge in [0.25, 0.3) is 0 Å². The van der Waals surface area contributed by atoms with E-state index < -0.39 is 0 Å². The summed E-state index contributed by atoms with van der Waals surface area (Å²) in [6, 6.07) is 9.97. The summed E-state index contributed by atoms with van der Waals surface area (Å²) in [4.78, 5) is 0. The lowest BCUT2D eigenvalue weighted by atomic mass is 9.97. The minimum Gasteiger partial charge on any atom is -0.393 e. The molecule has 0 unspecified atom stereocenters. The van der Waals surface area contributed by atoms with Crippen LogP contribution in [-0.2, 0) is 0 Å². The first kappa shape index (κ1) is 9.75. The van der Waals surface area contributed by atoms with E-state index in [1.54, 1.807) is 0 Å². The number of hydrogen-bond donors (Lipinski definition) is 1. The smallest absolute Gasteiger partial charge is 0.0540 e. The average molecular weight is 229 g/mol. The van der Waals surface area contributed by atoms with Gasteiger partial charge in [0, 0.05) is 4.47 Å². The Kier molecular flexibility index (Phi) is 4.33. The van der Waals surface area contributed by atoms with Gasteiger partial charge in [-0.15, -0.1) is 0 Å². The molecule has 1 saturated carbocycles. The largest absolute Gasteiger partial charge is 0.393 e. The number of benzene rings is 1. The monoisotopic (exact) mass is 228 g/mol. The van der Waals surface area contributed by atoms with Crippen LogP contribution in [0.2, 0.25) is 0 Å². The number of rotatable bonds is 0. The van der Waals surface area contributed by atoms with Crippen molar-refractivity contribution in [2.45, 2.75) is 25.4 Å². The Bertz CT molecular complexity index is 206. The Morgan fingerprint density at radius 2 is 1.67 bits per heavy atom. The summed E-state index contributed by atoms with van der Waals surface area (Å²) < 4.78 is 1.13. The van der Waals surface area contributed by atoms with Gasteiger partial charge in [-0.1, -0.05) is 34.1 Å². The first-order valence-electron chi connectivity index (χ1n) is 4.17. The zero-order chi connectivity index (χ0) is 8.81. The summed E-state index contributed by atoms with van der Waals surface area (Å²) in [5, 5.41) is 8.45. The third-order valence-electron chi connectivity index (χ3n) is 1.81. The van der Waals surface area contributed by atoms with Gasteiger partial charge in [0.05, 0.1) is 6.10 Å². The lowest BCUT2D eigenvalue weighted by molar-refractivity contribution is 0.0950. The standard InChI is InChI=1S/C6H5Br.C4H8O/c7-6-4-2-1-3-5-6;5-4-2-1-3-4/h1-5H;4-5H,1-3H2. The minimum atomic E-state index is 0.0648. The highest BCUT2D eigenvalue weighted by molar-refractivity contribution is 9.10. The topological polar surface area (TPSA) is 20.2 Å². The molecule has 1 fully saturated rings. The first-order chi connectivity index (χ1) is 5.79. The average Bonchev–Trinajstić information content (AvgIpc) is 2.04. The second-order valence-corrected chi connectivity index (χ2v) is 3.80. The van der Waals surface area contributed by atoms with E-state index in [1.165, 1.54) is 6.42 Å². The number of hydrogen-bond acceptors (Lipinski definition) is 1. The number of aliphatic hydroxyl groups is 1. The predicted molar refractivity (Wildman–Crippen MR) is 54.0 cm³/mol. The molecule has 0 heterocycles. The van der Waals surface area contributed by atoms with Crippen LogP contribution in [0.15, 0.2) is 34.8 Å². The SMILES string of the molecule is Brc1ccccc1.OC1CCC1. The Morgan fingerprint density at radius 1 is 1.17 bits per heavy atom. The summed E-state index contributed by atoms with van der Waals surface area (Å²) >= 11 is 3.31. The second kappa shape index (κ2) is 5.33. The fourth-order valence-corrected chi connectivity index (χ4v) is 1.11. The van der Waals surface area contributed by atoms with E-state index in [1.807, 2.05) is 30.3 Å². The molecule has 0 aromatic heterocycles. The van der Waals surface area contributed by atoms with E-state index in [0.717, 1.165) is 17.3 Å². The Hall–Kier alpha value is -0.340. The molecule has 0 radical (unpaired) electrons. The van der Waals surface area contributed by atoms with Crippen molar-refractivity contribution in [3.8, 4) is 0 Å². The molecule has 2 heteroatoms. The van der Waals surface area contributed by atoms with Crippen LogP contribution in [0.4, 0.5) is 0 Å². The molecule has 0 saturated heterocycles. The van der Waals surface area contributed by atoms with Crippen molar-refractivity contribution < 1.29 is 5.11 Å². The highest BCUT2D eigenvalue weighted by Gasteiger charge is 2.11. The van der Waals surface area contributed by atoms with Crippen molar-refractivity contribution in [2.24, 2.45) is 0 Å². The highest BCUT2D eigenvalue weighted by Crippen LogP contribution is 2.16. The molecule has 0 amide bonds. The van der Waals surface area contributed by atoms with Crippen molar-refractivity contribution in [1.82, 2.24) is 0 Å². The van der Waals surface area contributed by atoms with E-state index in [9.17, 15) is 0 Å². The van der Waals surface area contributed by atoms with Crippen LogP contribution in [0.1, 0.15) is 19.3 Å². The van der Waals surface area contributed by atoms with Crippen LogP contribution in [0.5, 0.6) is 0 Å². The third kappa shape index (κ3) is 3.88. The van der Waals surface area contributed by atoms with Crippen LogP contribution in [0, 0.1) is 0 Å². The van der Waals surface area contributed by atoms with Gasteiger partial charge in [-0.25, -0.2) is 0 Å². The van der Waals surface area contributed by atoms with Gasteiger partial charge in [-0.05, 0) is 31.4 Å². The van der Waals surface area contributed by atoms with Crippen LogP contribution in [0.3, 0.4) is 0 Å². The van der Waals surface area contributed by atoms with Gasteiger partial charge in [0.15, 0.2) is 0 Å². The van der Waals surface area contributed by atoms with Gasteiger partial charge in [-0.3, -0.25) is 0 Å². The summed E-state index contributed by atoms with van der Waals surface area (Å²) in [6.45, 7) is 0. The van der Waals surface area contributed by atoms with E-state index in [-0.39, 0.29) is 6.10 Å². The minimum absolute atomic E-state index is 0.0648. The molecule has 2 rings (SSSR count). The van der Waals surface area contributed by atoms with Crippen molar-refractivity contribution in [3.05, 3.63) is 34.8 Å². The summed E-state index contributed by atoms with van der Waals surface area (Å²) in [5.74, 6) is 0. The molecule has 1 aliphatic rings. The van der Waals surface area contributed by atoms with E-state index in [0.29, 0.717) is 0 Å². The van der Waals surface area contributed by atoms with E-state index >= 15 is 0 Å². The lowest BCUT2D eigenvalue weighted by Gasteiger charge is -2.17. The Morgan fingerprint density at radius 3 is 1.83 bits per heavy atom. The van der Waals surface area contributed by atoms with Crippen LogP contribution in [-0.4, -0.2) is 11.2 Å². The zero-order valence-electron chi connectivity index (χ0n) is 6.91. The normalized spacial score (nSPS) is 15.8. The highest BCUT2D eigenvalue weighted by atomic mass is 79.9. The molecular formula is C10H13BrO. The van der Waals surface area contributed by atoms with Gasteiger partial charge < -0.3 is 5.11 Å². The van der Waals surface area contributed by atoms with Gasteiger partial charge in [0.1, 0.15) is 0 Å². The molecule has 1 aliphatic carbocycles. The molecule has 0 aliphatic heterocycles. The summed E-state index contributed by atoms with van der Waals surface area (Å²) in [5.41, 5.74) is 0. The van der Waals surface area contributed by atoms with Crippen molar-refractivity contribution in [1.29, 1.82) is 0 Å². The van der Waals surface area contributed by atoms with Crippen molar-refractivity contribution >= 4 is 15.9 Å². The molecule has 1 aromatic rings. The predicted octanol–water partition coefficient (Wildman–Crippen LogP) is 2.98. The van der Waals surface area contributed by atoms with E-state index in [4.69, 9.17) is 5.11 Å². The van der Waals surface area contributed by atoms with Crippen molar-refractivity contribution in [2.75, 3.05) is 0 Å². The fraction of sp³-hybridized carbons (Fsp3) is 0.400. The van der Waals surface area contributed by atoms with Gasteiger partial charge in [0.2, 0.25) is 0 Å². The van der Waals surface area contributed by atoms with E-state index in [2.05, 4.69) is 15.9 Å². The quantitative estimate of drug-likeness (QED) is 0.725. The summed E-state index contributed by atoms with van der Waals surface area (Å²) in [7, 11) is 0. The first-order valence-corrected chi connectivity index (χ1v) is 4.97.